The molecule has 0 saturated heterocycles. The van der Waals surface area contributed by atoms with Gasteiger partial charge in [0.05, 0.1) is 35.5 Å². The number of amides is 1. The van der Waals surface area contributed by atoms with Crippen molar-refractivity contribution < 1.29 is 58.9 Å². The van der Waals surface area contributed by atoms with Gasteiger partial charge in [0.1, 0.15) is 5.92 Å². The van der Waals surface area contributed by atoms with E-state index < -0.39 is 75.9 Å². The topological polar surface area (TPSA) is 66.8 Å². The first-order chi connectivity index (χ1) is 17.4. The Hall–Kier alpha value is -3.71. The third-order valence-corrected chi connectivity index (χ3v) is 5.91. The summed E-state index contributed by atoms with van der Waals surface area (Å²) >= 11 is 0. The summed E-state index contributed by atoms with van der Waals surface area (Å²) in [6, 6.07) is 1.13. The Kier molecular flexibility index (Phi) is 7.50. The van der Waals surface area contributed by atoms with Crippen LogP contribution in [0.25, 0.3) is 5.57 Å². The second-order valence-electron chi connectivity index (χ2n) is 8.28. The van der Waals surface area contributed by atoms with Crippen LogP contribution in [0.4, 0.5) is 50.0 Å². The van der Waals surface area contributed by atoms with Gasteiger partial charge in [-0.05, 0) is 54.0 Å². The number of halogens is 9. The fraction of sp³-hybridized carbons (Fsp3) is 0.333. The first kappa shape index (κ1) is 28.9. The number of rotatable bonds is 4. The minimum Gasteiger partial charge on any atom is -0.468 e. The van der Waals surface area contributed by atoms with E-state index in [-0.39, 0.29) is 30.3 Å². The van der Waals surface area contributed by atoms with Crippen LogP contribution in [0.5, 0.6) is 0 Å². The monoisotopic (exact) mass is 555 g/mol. The van der Waals surface area contributed by atoms with Gasteiger partial charge < -0.3 is 9.84 Å². The molecule has 2 aromatic rings. The van der Waals surface area contributed by atoms with E-state index in [1.54, 1.807) is 0 Å². The van der Waals surface area contributed by atoms with Crippen LogP contribution in [-0.2, 0) is 28.1 Å². The summed E-state index contributed by atoms with van der Waals surface area (Å²) in [4.78, 5) is 25.5. The first-order valence-corrected chi connectivity index (χ1v) is 10.7. The molecule has 0 aliphatic carbocycles. The number of benzene rings is 2. The van der Waals surface area contributed by atoms with Crippen molar-refractivity contribution >= 4 is 23.3 Å². The zero-order chi connectivity index (χ0) is 28.8. The molecule has 2 atom stereocenters. The Morgan fingerprint density at radius 2 is 1.42 bits per heavy atom. The quantitative estimate of drug-likeness (QED) is 0.316. The number of hydrogen-bond donors (Lipinski definition) is 1. The average Bonchev–Trinajstić information content (AvgIpc) is 2.81. The van der Waals surface area contributed by atoms with Gasteiger partial charge in [-0.25, -0.2) is 4.79 Å². The van der Waals surface area contributed by atoms with Crippen LogP contribution in [0.15, 0.2) is 42.5 Å². The lowest BCUT2D eigenvalue weighted by Crippen LogP contribution is -2.41. The third-order valence-electron chi connectivity index (χ3n) is 5.91. The van der Waals surface area contributed by atoms with Crippen LogP contribution in [0.3, 0.4) is 0 Å². The Morgan fingerprint density at radius 1 is 0.895 bits per heavy atom. The van der Waals surface area contributed by atoms with Gasteiger partial charge in [-0.2, -0.15) is 39.5 Å². The zero-order valence-corrected chi connectivity index (χ0v) is 19.4. The number of esters is 1. The summed E-state index contributed by atoms with van der Waals surface area (Å²) in [6.45, 7) is 1.49. The molecule has 38 heavy (non-hydrogen) atoms. The molecular weight excluding hydrogens is 537 g/mol. The number of ether oxygens (including phenoxy) is 1. The van der Waals surface area contributed by atoms with E-state index in [4.69, 9.17) is 0 Å². The molecule has 1 aliphatic rings. The first-order valence-electron chi connectivity index (χ1n) is 10.7. The van der Waals surface area contributed by atoms with Gasteiger partial charge in [0.2, 0.25) is 0 Å². The molecule has 206 valence electrons. The molecule has 5 nitrogen and oxygen atoms in total. The SMILES string of the molecule is CCC1C=C(C(C(=O)OC)c2cc(C(F)(F)F)cc(C(F)(F)F)c2)c2cc(C(F)(F)F)ccc2N1C(=O)O. The molecule has 1 aliphatic heterocycles. The largest absolute Gasteiger partial charge is 0.468 e. The van der Waals surface area contributed by atoms with Crippen molar-refractivity contribution in [2.24, 2.45) is 0 Å². The van der Waals surface area contributed by atoms with E-state index in [2.05, 4.69) is 4.74 Å². The zero-order valence-electron chi connectivity index (χ0n) is 19.4. The number of nitrogens with zero attached hydrogens (tertiary/aromatic N) is 1. The fourth-order valence-electron chi connectivity index (χ4n) is 4.21. The van der Waals surface area contributed by atoms with Crippen molar-refractivity contribution in [3.63, 3.8) is 0 Å². The maximum atomic E-state index is 13.5. The molecule has 0 aromatic heterocycles. The maximum Gasteiger partial charge on any atom is 0.416 e. The van der Waals surface area contributed by atoms with Crippen LogP contribution < -0.4 is 4.90 Å². The Bertz CT molecular complexity index is 1250. The van der Waals surface area contributed by atoms with Crippen LogP contribution in [0.1, 0.15) is 47.1 Å². The van der Waals surface area contributed by atoms with Crippen molar-refractivity contribution in [1.29, 1.82) is 0 Å². The minimum atomic E-state index is -5.27. The van der Waals surface area contributed by atoms with Gasteiger partial charge in [0.15, 0.2) is 0 Å². The number of carbonyl (C=O) groups is 2. The maximum absolute atomic E-state index is 13.5. The smallest absolute Gasteiger partial charge is 0.416 e. The summed E-state index contributed by atoms with van der Waals surface area (Å²) in [6.07, 6.45) is -16.0. The molecule has 1 amide bonds. The lowest BCUT2D eigenvalue weighted by Gasteiger charge is -2.36. The molecule has 0 fully saturated rings. The molecule has 0 spiro atoms. The standard InChI is InChI=1S/C24H18F9NO4/c1-3-15-10-17(16-9-12(22(25,26)27)4-5-18(16)34(15)21(36)37)19(20(35)38-2)11-6-13(23(28,29)30)8-14(7-11)24(31,32)33/h4-10,15,19H,3H2,1-2H3,(H,36,37). The summed E-state index contributed by atoms with van der Waals surface area (Å²) in [5.74, 6) is -3.43. The summed E-state index contributed by atoms with van der Waals surface area (Å²) in [5.41, 5.74) is -6.94. The highest BCUT2D eigenvalue weighted by molar-refractivity contribution is 6.02. The van der Waals surface area contributed by atoms with Gasteiger partial charge in [-0.15, -0.1) is 0 Å². The molecule has 0 radical (unpaired) electrons. The van der Waals surface area contributed by atoms with Gasteiger partial charge in [-0.3, -0.25) is 9.69 Å². The Balaban J connectivity index is 2.41. The average molecular weight is 555 g/mol. The van der Waals surface area contributed by atoms with E-state index in [9.17, 15) is 54.2 Å². The lowest BCUT2D eigenvalue weighted by atomic mass is 9.80. The highest BCUT2D eigenvalue weighted by atomic mass is 19.4. The van der Waals surface area contributed by atoms with Crippen molar-refractivity contribution in [2.45, 2.75) is 43.8 Å². The number of carboxylic acid groups (broad SMARTS) is 1. The van der Waals surface area contributed by atoms with Crippen molar-refractivity contribution in [3.8, 4) is 0 Å². The lowest BCUT2D eigenvalue weighted by molar-refractivity contribution is -0.144. The van der Waals surface area contributed by atoms with Gasteiger partial charge in [0.25, 0.3) is 0 Å². The molecule has 0 bridgehead atoms. The van der Waals surface area contributed by atoms with Gasteiger partial charge in [-0.1, -0.05) is 13.0 Å². The molecule has 14 heteroatoms. The van der Waals surface area contributed by atoms with E-state index in [1.807, 2.05) is 0 Å². The molecule has 1 N–H and O–H groups in total. The predicted molar refractivity (Wildman–Crippen MR) is 115 cm³/mol. The van der Waals surface area contributed by atoms with Crippen molar-refractivity contribution in [3.05, 3.63) is 70.3 Å². The number of carbonyl (C=O) groups excluding carboxylic acids is 1. The van der Waals surface area contributed by atoms with Crippen molar-refractivity contribution in [1.82, 2.24) is 0 Å². The Morgan fingerprint density at radius 3 is 1.84 bits per heavy atom. The van der Waals surface area contributed by atoms with Gasteiger partial charge in [0, 0.05) is 5.56 Å². The summed E-state index contributed by atoms with van der Waals surface area (Å²) in [7, 11) is 0.797. The highest BCUT2D eigenvalue weighted by Crippen LogP contribution is 2.47. The molecule has 2 aromatic carbocycles. The van der Waals surface area contributed by atoms with Gasteiger partial charge >= 0.3 is 30.6 Å². The Labute approximate surface area is 209 Å². The van der Waals surface area contributed by atoms with Crippen LogP contribution in [0, 0.1) is 0 Å². The predicted octanol–water partition coefficient (Wildman–Crippen LogP) is 7.36. The van der Waals surface area contributed by atoms with Crippen LogP contribution in [0.2, 0.25) is 0 Å². The number of fused-ring (bicyclic) bond motifs is 1. The number of hydrogen-bond acceptors (Lipinski definition) is 3. The highest BCUT2D eigenvalue weighted by Gasteiger charge is 2.42. The summed E-state index contributed by atoms with van der Waals surface area (Å²) in [5, 5.41) is 9.70. The van der Waals surface area contributed by atoms with E-state index >= 15 is 0 Å². The third kappa shape index (κ3) is 5.58. The fourth-order valence-corrected chi connectivity index (χ4v) is 4.21. The van der Waals surface area contributed by atoms with Crippen molar-refractivity contribution in [2.75, 3.05) is 12.0 Å². The van der Waals surface area contributed by atoms with E-state index in [0.717, 1.165) is 19.3 Å². The minimum absolute atomic E-state index is 0.000542. The van der Waals surface area contributed by atoms with Crippen LogP contribution in [-0.4, -0.2) is 30.3 Å². The van der Waals surface area contributed by atoms with E-state index in [0.29, 0.717) is 17.0 Å². The number of anilines is 1. The molecule has 2 unspecified atom stereocenters. The summed E-state index contributed by atoms with van der Waals surface area (Å²) < 4.78 is 126. The molecule has 0 saturated carbocycles. The number of alkyl halides is 9. The second kappa shape index (κ2) is 9.87. The molecule has 1 heterocycles. The molecular formula is C24H18F9NO4. The normalized spacial score (nSPS) is 17.0. The molecule has 3 rings (SSSR count). The number of methoxy groups -OCH3 is 1. The van der Waals surface area contributed by atoms with Crippen LogP contribution >= 0.6 is 0 Å². The van der Waals surface area contributed by atoms with E-state index in [1.165, 1.54) is 6.92 Å². The second-order valence-corrected chi connectivity index (χ2v) is 8.28.